The van der Waals surface area contributed by atoms with Gasteiger partial charge in [0.15, 0.2) is 0 Å². The first-order chi connectivity index (χ1) is 14.5. The number of furan rings is 1. The number of aromatic nitrogens is 1. The Morgan fingerprint density at radius 2 is 1.90 bits per heavy atom. The largest absolute Gasteiger partial charge is 0.475 e. The van der Waals surface area contributed by atoms with E-state index in [2.05, 4.69) is 37.0 Å². The maximum absolute atomic E-state index is 11.1. The number of nitrogens with zero attached hydrogens (tertiary/aromatic N) is 2. The van der Waals surface area contributed by atoms with Crippen LogP contribution in [0.3, 0.4) is 0 Å². The zero-order valence-corrected chi connectivity index (χ0v) is 17.1. The van der Waals surface area contributed by atoms with Gasteiger partial charge < -0.3 is 14.1 Å². The number of carbonyl (C=O) groups is 1. The molecular formula is C25H24N2O3. The third-order valence-corrected chi connectivity index (χ3v) is 5.45. The van der Waals surface area contributed by atoms with E-state index in [1.54, 1.807) is 6.07 Å². The molecule has 0 fully saturated rings. The molecule has 0 radical (unpaired) electrons. The van der Waals surface area contributed by atoms with E-state index in [1.807, 2.05) is 47.3 Å². The van der Waals surface area contributed by atoms with Crippen molar-refractivity contribution >= 4 is 28.8 Å². The van der Waals surface area contributed by atoms with Gasteiger partial charge in [0.2, 0.25) is 5.76 Å². The fourth-order valence-corrected chi connectivity index (χ4v) is 3.52. The number of aromatic carboxylic acids is 1. The van der Waals surface area contributed by atoms with Gasteiger partial charge in [-0.05, 0) is 48.2 Å². The summed E-state index contributed by atoms with van der Waals surface area (Å²) in [5.74, 6) is 0.0244. The van der Waals surface area contributed by atoms with E-state index < -0.39 is 5.97 Å². The molecule has 0 aliphatic rings. The molecule has 2 heterocycles. The summed E-state index contributed by atoms with van der Waals surface area (Å²) >= 11 is 0. The van der Waals surface area contributed by atoms with Crippen LogP contribution in [0, 0.1) is 0 Å². The van der Waals surface area contributed by atoms with Crippen LogP contribution in [0.15, 0.2) is 76.3 Å². The minimum absolute atomic E-state index is 0.0518. The zero-order chi connectivity index (χ0) is 21.1. The molecule has 0 bridgehead atoms. The van der Waals surface area contributed by atoms with Gasteiger partial charge in [0, 0.05) is 28.9 Å². The molecule has 0 saturated heterocycles. The molecule has 1 N–H and O–H groups in total. The lowest BCUT2D eigenvalue weighted by Crippen LogP contribution is -1.97. The molecule has 0 aliphatic carbocycles. The van der Waals surface area contributed by atoms with Crippen molar-refractivity contribution in [2.45, 2.75) is 32.7 Å². The second-order valence-corrected chi connectivity index (χ2v) is 7.46. The number of rotatable bonds is 7. The Morgan fingerprint density at radius 3 is 2.60 bits per heavy atom. The summed E-state index contributed by atoms with van der Waals surface area (Å²) in [6.45, 7) is 4.87. The van der Waals surface area contributed by atoms with Crippen molar-refractivity contribution in [3.63, 3.8) is 0 Å². The summed E-state index contributed by atoms with van der Waals surface area (Å²) in [5.41, 5.74) is 4.28. The number of hydrogen-bond acceptors (Lipinski definition) is 3. The lowest BCUT2D eigenvalue weighted by atomic mass is 9.99. The van der Waals surface area contributed by atoms with Gasteiger partial charge in [-0.3, -0.25) is 4.99 Å². The number of carboxylic acids is 1. The smallest absolute Gasteiger partial charge is 0.371 e. The first kappa shape index (κ1) is 19.7. The SMILES string of the molecule is CC[C@@H](C)c1ccc(N=Cc2cn(Cc3ccc(C(=O)O)o3)c3ccccc23)cc1. The van der Waals surface area contributed by atoms with Gasteiger partial charge in [-0.25, -0.2) is 4.79 Å². The Labute approximate surface area is 175 Å². The summed E-state index contributed by atoms with van der Waals surface area (Å²) in [4.78, 5) is 15.7. The molecule has 0 spiro atoms. The normalized spacial score (nSPS) is 12.6. The molecular weight excluding hydrogens is 376 g/mol. The quantitative estimate of drug-likeness (QED) is 0.373. The maximum Gasteiger partial charge on any atom is 0.371 e. The van der Waals surface area contributed by atoms with Crippen LogP contribution in [0.4, 0.5) is 5.69 Å². The Bertz CT molecular complexity index is 1200. The Balaban J connectivity index is 1.61. The molecule has 30 heavy (non-hydrogen) atoms. The highest BCUT2D eigenvalue weighted by Gasteiger charge is 2.12. The van der Waals surface area contributed by atoms with Crippen LogP contribution in [-0.4, -0.2) is 21.9 Å². The van der Waals surface area contributed by atoms with Crippen LogP contribution in [0.2, 0.25) is 0 Å². The highest BCUT2D eigenvalue weighted by Crippen LogP contribution is 2.24. The lowest BCUT2D eigenvalue weighted by molar-refractivity contribution is 0.0660. The second-order valence-electron chi connectivity index (χ2n) is 7.46. The molecule has 0 unspecified atom stereocenters. The van der Waals surface area contributed by atoms with Crippen LogP contribution in [-0.2, 0) is 6.54 Å². The van der Waals surface area contributed by atoms with Crippen molar-refractivity contribution < 1.29 is 14.3 Å². The van der Waals surface area contributed by atoms with E-state index in [9.17, 15) is 4.79 Å². The Morgan fingerprint density at radius 1 is 1.13 bits per heavy atom. The third-order valence-electron chi connectivity index (χ3n) is 5.45. The number of fused-ring (bicyclic) bond motifs is 1. The second kappa shape index (κ2) is 8.41. The maximum atomic E-state index is 11.1. The third kappa shape index (κ3) is 4.06. The summed E-state index contributed by atoms with van der Waals surface area (Å²) in [6.07, 6.45) is 5.01. The molecule has 152 valence electrons. The molecule has 4 rings (SSSR count). The van der Waals surface area contributed by atoms with Gasteiger partial charge in [-0.2, -0.15) is 0 Å². The summed E-state index contributed by atoms with van der Waals surface area (Å²) in [6, 6.07) is 19.6. The molecule has 0 aliphatic heterocycles. The number of hydrogen-bond donors (Lipinski definition) is 1. The molecule has 1 atom stereocenters. The predicted octanol–water partition coefficient (Wildman–Crippen LogP) is 6.24. The summed E-state index contributed by atoms with van der Waals surface area (Å²) in [5, 5.41) is 10.1. The van der Waals surface area contributed by atoms with Crippen molar-refractivity contribution in [2.75, 3.05) is 0 Å². The van der Waals surface area contributed by atoms with E-state index >= 15 is 0 Å². The van der Waals surface area contributed by atoms with Gasteiger partial charge in [-0.15, -0.1) is 0 Å². The number of para-hydroxylation sites is 1. The minimum atomic E-state index is -1.06. The van der Waals surface area contributed by atoms with Crippen molar-refractivity contribution in [3.05, 3.63) is 89.5 Å². The van der Waals surface area contributed by atoms with Crippen molar-refractivity contribution in [2.24, 2.45) is 4.99 Å². The number of carboxylic acid groups (broad SMARTS) is 1. The van der Waals surface area contributed by atoms with Crippen LogP contribution in [0.25, 0.3) is 10.9 Å². The minimum Gasteiger partial charge on any atom is -0.475 e. The monoisotopic (exact) mass is 400 g/mol. The highest BCUT2D eigenvalue weighted by atomic mass is 16.4. The highest BCUT2D eigenvalue weighted by molar-refractivity contribution is 6.00. The van der Waals surface area contributed by atoms with Gasteiger partial charge >= 0.3 is 5.97 Å². The molecule has 0 saturated carbocycles. The van der Waals surface area contributed by atoms with Crippen molar-refractivity contribution in [1.82, 2.24) is 4.57 Å². The first-order valence-corrected chi connectivity index (χ1v) is 10.1. The average molecular weight is 400 g/mol. The molecule has 2 aromatic heterocycles. The molecule has 0 amide bonds. The molecule has 2 aromatic carbocycles. The van der Waals surface area contributed by atoms with Gasteiger partial charge in [0.05, 0.1) is 12.2 Å². The number of benzene rings is 2. The fraction of sp³-hybridized carbons (Fsp3) is 0.200. The van der Waals surface area contributed by atoms with Crippen molar-refractivity contribution in [1.29, 1.82) is 0 Å². The Hall–Kier alpha value is -3.60. The van der Waals surface area contributed by atoms with E-state index in [-0.39, 0.29) is 5.76 Å². The standard InChI is InChI=1S/C25H24N2O3/c1-3-17(2)18-8-10-20(11-9-18)26-14-19-15-27(23-7-5-4-6-22(19)23)16-21-12-13-24(30-21)25(28)29/h4-15,17H,3,16H2,1-2H3,(H,28,29)/t17-/m1/s1. The van der Waals surface area contributed by atoms with E-state index in [0.29, 0.717) is 18.2 Å². The molecule has 5 heteroatoms. The summed E-state index contributed by atoms with van der Waals surface area (Å²) < 4.78 is 7.47. The van der Waals surface area contributed by atoms with E-state index in [0.717, 1.165) is 28.6 Å². The Kier molecular flexibility index (Phi) is 5.53. The predicted molar refractivity (Wildman–Crippen MR) is 119 cm³/mol. The van der Waals surface area contributed by atoms with E-state index in [1.165, 1.54) is 11.6 Å². The fourth-order valence-electron chi connectivity index (χ4n) is 3.52. The molecule has 5 nitrogen and oxygen atoms in total. The topological polar surface area (TPSA) is 67.7 Å². The van der Waals surface area contributed by atoms with Crippen LogP contribution >= 0.6 is 0 Å². The zero-order valence-electron chi connectivity index (χ0n) is 17.1. The molecule has 4 aromatic rings. The van der Waals surface area contributed by atoms with Crippen LogP contribution in [0.1, 0.15) is 53.6 Å². The average Bonchev–Trinajstić information content (AvgIpc) is 3.38. The number of aliphatic imine (C=N–C) groups is 1. The van der Waals surface area contributed by atoms with Crippen LogP contribution in [0.5, 0.6) is 0 Å². The van der Waals surface area contributed by atoms with E-state index in [4.69, 9.17) is 9.52 Å². The lowest BCUT2D eigenvalue weighted by Gasteiger charge is -2.08. The van der Waals surface area contributed by atoms with Gasteiger partial charge in [0.1, 0.15) is 5.76 Å². The first-order valence-electron chi connectivity index (χ1n) is 10.1. The van der Waals surface area contributed by atoms with Gasteiger partial charge in [-0.1, -0.05) is 44.2 Å². The van der Waals surface area contributed by atoms with Gasteiger partial charge in [0.25, 0.3) is 0 Å². The summed E-state index contributed by atoms with van der Waals surface area (Å²) in [7, 11) is 0. The van der Waals surface area contributed by atoms with Crippen molar-refractivity contribution in [3.8, 4) is 0 Å². The van der Waals surface area contributed by atoms with Crippen LogP contribution < -0.4 is 0 Å².